The largest absolute Gasteiger partial charge is 0.467 e. The number of ether oxygens (including phenoxy) is 2. The van der Waals surface area contributed by atoms with Crippen LogP contribution in [0.2, 0.25) is 0 Å². The zero-order valence-corrected chi connectivity index (χ0v) is 16.2. The number of hydrogen-bond donors (Lipinski definition) is 1. The lowest BCUT2D eigenvalue weighted by molar-refractivity contribution is -0.145. The zero-order valence-electron chi connectivity index (χ0n) is 15.4. The molecule has 1 aromatic heterocycles. The van der Waals surface area contributed by atoms with Crippen molar-refractivity contribution < 1.29 is 23.9 Å². The molecule has 27 heavy (non-hydrogen) atoms. The third-order valence-corrected chi connectivity index (χ3v) is 4.49. The van der Waals surface area contributed by atoms with Gasteiger partial charge in [-0.15, -0.1) is 11.3 Å². The molecule has 7 nitrogen and oxygen atoms in total. The predicted molar refractivity (Wildman–Crippen MR) is 101 cm³/mol. The Labute approximate surface area is 161 Å². The fraction of sp³-hybridized carbons (Fsp3) is 0.368. The lowest BCUT2D eigenvalue weighted by Crippen LogP contribution is -2.44. The summed E-state index contributed by atoms with van der Waals surface area (Å²) in [6.45, 7) is 3.35. The van der Waals surface area contributed by atoms with Gasteiger partial charge in [0.25, 0.3) is 5.91 Å². The van der Waals surface area contributed by atoms with Crippen LogP contribution in [0.25, 0.3) is 10.6 Å². The molecule has 0 bridgehead atoms. The molecule has 2 aromatic rings. The van der Waals surface area contributed by atoms with E-state index in [2.05, 4.69) is 15.0 Å². The molecule has 1 unspecified atom stereocenters. The smallest absolute Gasteiger partial charge is 0.358 e. The van der Waals surface area contributed by atoms with E-state index >= 15 is 0 Å². The van der Waals surface area contributed by atoms with E-state index in [4.69, 9.17) is 4.74 Å². The highest BCUT2D eigenvalue weighted by Gasteiger charge is 2.23. The van der Waals surface area contributed by atoms with Crippen molar-refractivity contribution in [2.45, 2.75) is 26.3 Å². The number of amides is 1. The van der Waals surface area contributed by atoms with Gasteiger partial charge in [0.05, 0.1) is 7.11 Å². The summed E-state index contributed by atoms with van der Waals surface area (Å²) in [6, 6.07) is 8.67. The number of carbonyl (C=O) groups excluding carboxylic acids is 3. The second-order valence-electron chi connectivity index (χ2n) is 6.25. The summed E-state index contributed by atoms with van der Waals surface area (Å²) in [6.07, 6.45) is 0.429. The summed E-state index contributed by atoms with van der Waals surface area (Å²) in [5.74, 6) is -1.61. The van der Waals surface area contributed by atoms with Crippen LogP contribution < -0.4 is 5.32 Å². The number of aromatic nitrogens is 1. The molecule has 1 heterocycles. The van der Waals surface area contributed by atoms with Crippen molar-refractivity contribution in [2.24, 2.45) is 5.92 Å². The third kappa shape index (κ3) is 6.18. The fourth-order valence-electron chi connectivity index (χ4n) is 2.35. The van der Waals surface area contributed by atoms with E-state index < -0.39 is 30.5 Å². The number of thiazole rings is 1. The highest BCUT2D eigenvalue weighted by atomic mass is 32.1. The van der Waals surface area contributed by atoms with Crippen molar-refractivity contribution in [1.29, 1.82) is 0 Å². The van der Waals surface area contributed by atoms with Crippen LogP contribution >= 0.6 is 11.3 Å². The van der Waals surface area contributed by atoms with E-state index in [0.29, 0.717) is 11.4 Å². The van der Waals surface area contributed by atoms with E-state index in [1.165, 1.54) is 18.4 Å². The van der Waals surface area contributed by atoms with Gasteiger partial charge in [-0.25, -0.2) is 14.6 Å². The summed E-state index contributed by atoms with van der Waals surface area (Å²) >= 11 is 1.32. The van der Waals surface area contributed by atoms with Crippen molar-refractivity contribution in [2.75, 3.05) is 13.7 Å². The van der Waals surface area contributed by atoms with Gasteiger partial charge < -0.3 is 14.8 Å². The molecule has 0 aliphatic rings. The van der Waals surface area contributed by atoms with Crippen LogP contribution in [0, 0.1) is 5.92 Å². The van der Waals surface area contributed by atoms with Crippen LogP contribution in [0.15, 0.2) is 35.7 Å². The van der Waals surface area contributed by atoms with E-state index in [1.54, 1.807) is 5.38 Å². The average Bonchev–Trinajstić information content (AvgIpc) is 3.15. The van der Waals surface area contributed by atoms with E-state index in [1.807, 2.05) is 44.2 Å². The second kappa shape index (κ2) is 9.82. The first-order valence-electron chi connectivity index (χ1n) is 8.46. The highest BCUT2D eigenvalue weighted by molar-refractivity contribution is 7.13. The first-order valence-corrected chi connectivity index (χ1v) is 9.34. The Hall–Kier alpha value is -2.74. The first-order chi connectivity index (χ1) is 12.9. The molecular weight excluding hydrogens is 368 g/mol. The number of nitrogens with one attached hydrogen (secondary N) is 1. The molecule has 0 saturated carbocycles. The van der Waals surface area contributed by atoms with Crippen LogP contribution in [0.3, 0.4) is 0 Å². The molecule has 144 valence electrons. The number of carbonyl (C=O) groups is 3. The minimum absolute atomic E-state index is 0.137. The van der Waals surface area contributed by atoms with Gasteiger partial charge in [-0.3, -0.25) is 4.79 Å². The van der Waals surface area contributed by atoms with Gasteiger partial charge in [0.2, 0.25) is 0 Å². The molecule has 0 aliphatic heterocycles. The number of nitrogens with zero attached hydrogens (tertiary/aromatic N) is 1. The Balaban J connectivity index is 1.90. The van der Waals surface area contributed by atoms with Crippen molar-refractivity contribution in [3.05, 3.63) is 41.4 Å². The summed E-state index contributed by atoms with van der Waals surface area (Å²) in [5.41, 5.74) is 1.03. The quantitative estimate of drug-likeness (QED) is 0.697. The highest BCUT2D eigenvalue weighted by Crippen LogP contribution is 2.23. The molecule has 0 saturated heterocycles. The lowest BCUT2D eigenvalue weighted by atomic mass is 10.0. The molecule has 1 atom stereocenters. The maximum Gasteiger partial charge on any atom is 0.358 e. The molecule has 1 aromatic carbocycles. The van der Waals surface area contributed by atoms with Gasteiger partial charge in [0, 0.05) is 10.9 Å². The van der Waals surface area contributed by atoms with Gasteiger partial charge >= 0.3 is 11.9 Å². The molecular formula is C19H22N2O5S. The molecule has 0 fully saturated rings. The Morgan fingerprint density at radius 2 is 1.89 bits per heavy atom. The monoisotopic (exact) mass is 390 g/mol. The second-order valence-corrected chi connectivity index (χ2v) is 7.11. The summed E-state index contributed by atoms with van der Waals surface area (Å²) < 4.78 is 9.68. The maximum atomic E-state index is 12.1. The number of rotatable bonds is 8. The molecule has 0 radical (unpaired) electrons. The topological polar surface area (TPSA) is 94.6 Å². The molecule has 2 rings (SSSR count). The molecule has 1 N–H and O–H groups in total. The first kappa shape index (κ1) is 20.6. The fourth-order valence-corrected chi connectivity index (χ4v) is 3.14. The van der Waals surface area contributed by atoms with Crippen molar-refractivity contribution in [3.8, 4) is 10.6 Å². The minimum atomic E-state index is -0.773. The maximum absolute atomic E-state index is 12.1. The van der Waals surface area contributed by atoms with E-state index in [0.717, 1.165) is 5.56 Å². The minimum Gasteiger partial charge on any atom is -0.467 e. The van der Waals surface area contributed by atoms with Gasteiger partial charge in [0.15, 0.2) is 12.3 Å². The summed E-state index contributed by atoms with van der Waals surface area (Å²) in [5, 5.41) is 4.80. The Morgan fingerprint density at radius 3 is 2.52 bits per heavy atom. The predicted octanol–water partition coefficient (Wildman–Crippen LogP) is 2.67. The molecule has 8 heteroatoms. The Bertz CT molecular complexity index is 788. The number of esters is 2. The zero-order chi connectivity index (χ0) is 19.8. The van der Waals surface area contributed by atoms with Crippen LogP contribution in [0.4, 0.5) is 0 Å². The van der Waals surface area contributed by atoms with E-state index in [9.17, 15) is 14.4 Å². The van der Waals surface area contributed by atoms with Gasteiger partial charge in [0.1, 0.15) is 11.0 Å². The summed E-state index contributed by atoms with van der Waals surface area (Å²) in [4.78, 5) is 40.1. The van der Waals surface area contributed by atoms with Crippen molar-refractivity contribution >= 4 is 29.2 Å². The normalized spacial score (nSPS) is 11.7. The van der Waals surface area contributed by atoms with Crippen LogP contribution in [0.1, 0.15) is 30.8 Å². The van der Waals surface area contributed by atoms with Crippen LogP contribution in [-0.4, -0.2) is 42.6 Å². The van der Waals surface area contributed by atoms with Crippen LogP contribution in [0.5, 0.6) is 0 Å². The average molecular weight is 390 g/mol. The van der Waals surface area contributed by atoms with Crippen molar-refractivity contribution in [1.82, 2.24) is 10.3 Å². The van der Waals surface area contributed by atoms with E-state index in [-0.39, 0.29) is 11.6 Å². The van der Waals surface area contributed by atoms with Gasteiger partial charge in [-0.1, -0.05) is 44.2 Å². The Kier molecular flexibility index (Phi) is 7.48. The molecule has 0 aliphatic carbocycles. The lowest BCUT2D eigenvalue weighted by Gasteiger charge is -2.18. The number of methoxy groups -OCH3 is 1. The van der Waals surface area contributed by atoms with Gasteiger partial charge in [-0.2, -0.15) is 0 Å². The molecule has 0 spiro atoms. The Morgan fingerprint density at radius 1 is 1.19 bits per heavy atom. The van der Waals surface area contributed by atoms with Crippen LogP contribution in [-0.2, 0) is 19.1 Å². The third-order valence-electron chi connectivity index (χ3n) is 3.60. The number of hydrogen-bond acceptors (Lipinski definition) is 7. The standard InChI is InChI=1S/C19H22N2O5S/c1-12(2)9-14(18(23)25-3)20-16(22)10-26-19(24)15-11-27-17(21-15)13-7-5-4-6-8-13/h4-8,11-12,14H,9-10H2,1-3H3,(H,20,22). The van der Waals surface area contributed by atoms with Crippen molar-refractivity contribution in [3.63, 3.8) is 0 Å². The summed E-state index contributed by atoms with van der Waals surface area (Å²) in [7, 11) is 1.26. The van der Waals surface area contributed by atoms with Gasteiger partial charge in [-0.05, 0) is 12.3 Å². The number of benzene rings is 1. The molecule has 1 amide bonds. The SMILES string of the molecule is COC(=O)C(CC(C)C)NC(=O)COC(=O)c1csc(-c2ccccc2)n1.